The van der Waals surface area contributed by atoms with E-state index >= 15 is 0 Å². The molecule has 0 saturated carbocycles. The molecule has 2 aliphatic rings. The van der Waals surface area contributed by atoms with Gasteiger partial charge in [-0.1, -0.05) is 30.3 Å². The summed E-state index contributed by atoms with van der Waals surface area (Å²) in [5.74, 6) is 1.45. The van der Waals surface area contributed by atoms with Gasteiger partial charge in [-0.05, 0) is 29.8 Å². The first-order valence-corrected chi connectivity index (χ1v) is 9.61. The van der Waals surface area contributed by atoms with Crippen LogP contribution in [-0.4, -0.2) is 6.79 Å². The second kappa shape index (κ2) is 7.58. The summed E-state index contributed by atoms with van der Waals surface area (Å²) in [5, 5.41) is 9.84. The molecule has 2 aliphatic heterocycles. The van der Waals surface area contributed by atoms with Gasteiger partial charge in [-0.15, -0.1) is 0 Å². The zero-order valence-electron chi connectivity index (χ0n) is 16.3. The molecule has 0 saturated heterocycles. The van der Waals surface area contributed by atoms with Crippen LogP contribution < -0.4 is 24.7 Å². The first kappa shape index (κ1) is 18.8. The van der Waals surface area contributed by atoms with Crippen molar-refractivity contribution in [3.63, 3.8) is 0 Å². The summed E-state index contributed by atoms with van der Waals surface area (Å²) in [4.78, 5) is 0. The van der Waals surface area contributed by atoms with Crippen molar-refractivity contribution in [2.24, 2.45) is 5.73 Å². The lowest BCUT2D eigenvalue weighted by molar-refractivity contribution is 0.174. The van der Waals surface area contributed by atoms with E-state index in [9.17, 15) is 9.65 Å². The molecule has 154 valence electrons. The Hall–Kier alpha value is -4.18. The minimum atomic E-state index is -0.507. The van der Waals surface area contributed by atoms with Crippen molar-refractivity contribution < 1.29 is 23.3 Å². The summed E-state index contributed by atoms with van der Waals surface area (Å²) in [6, 6.07) is 19.2. The maximum Gasteiger partial charge on any atom is 0.231 e. The van der Waals surface area contributed by atoms with Crippen LogP contribution in [0.3, 0.4) is 0 Å². The molecule has 0 fully saturated rings. The highest BCUT2D eigenvalue weighted by atomic mass is 19.1. The van der Waals surface area contributed by atoms with Crippen LogP contribution in [0.5, 0.6) is 23.0 Å². The molecule has 1 atom stereocenters. The van der Waals surface area contributed by atoms with Crippen LogP contribution >= 0.6 is 0 Å². The van der Waals surface area contributed by atoms with E-state index in [1.165, 1.54) is 12.1 Å². The third kappa shape index (κ3) is 3.38. The Balaban J connectivity index is 1.56. The third-order valence-corrected chi connectivity index (χ3v) is 5.25. The molecule has 31 heavy (non-hydrogen) atoms. The molecular formula is C24H17FN2O4. The molecule has 0 radical (unpaired) electrons. The van der Waals surface area contributed by atoms with Crippen LogP contribution in [0.4, 0.5) is 4.39 Å². The second-order valence-electron chi connectivity index (χ2n) is 7.12. The Morgan fingerprint density at radius 1 is 1.00 bits per heavy atom. The fourth-order valence-corrected chi connectivity index (χ4v) is 3.76. The van der Waals surface area contributed by atoms with Gasteiger partial charge in [0.1, 0.15) is 35.6 Å². The molecule has 5 rings (SSSR count). The number of nitriles is 1. The number of rotatable bonds is 4. The van der Waals surface area contributed by atoms with Gasteiger partial charge in [0.2, 0.25) is 12.7 Å². The summed E-state index contributed by atoms with van der Waals surface area (Å²) in [6.07, 6.45) is 0. The van der Waals surface area contributed by atoms with Gasteiger partial charge in [0.25, 0.3) is 0 Å². The first-order valence-electron chi connectivity index (χ1n) is 9.61. The Morgan fingerprint density at radius 2 is 1.74 bits per heavy atom. The summed E-state index contributed by atoms with van der Waals surface area (Å²) in [7, 11) is 0. The van der Waals surface area contributed by atoms with Crippen molar-refractivity contribution in [2.45, 2.75) is 12.5 Å². The molecule has 0 aliphatic carbocycles. The van der Waals surface area contributed by atoms with Gasteiger partial charge in [0.05, 0.1) is 5.92 Å². The lowest BCUT2D eigenvalue weighted by Crippen LogP contribution is -2.21. The molecule has 0 unspecified atom stereocenters. The van der Waals surface area contributed by atoms with Crippen molar-refractivity contribution in [1.29, 1.82) is 5.26 Å². The van der Waals surface area contributed by atoms with Gasteiger partial charge in [-0.3, -0.25) is 0 Å². The predicted octanol–water partition coefficient (Wildman–Crippen LogP) is 4.35. The van der Waals surface area contributed by atoms with Crippen molar-refractivity contribution >= 4 is 0 Å². The van der Waals surface area contributed by atoms with Gasteiger partial charge < -0.3 is 24.7 Å². The summed E-state index contributed by atoms with van der Waals surface area (Å²) in [5.41, 5.74) is 8.68. The molecule has 3 aromatic rings. The number of benzene rings is 3. The Bertz CT molecular complexity index is 1230. The quantitative estimate of drug-likeness (QED) is 0.680. The summed E-state index contributed by atoms with van der Waals surface area (Å²) >= 11 is 0. The Morgan fingerprint density at radius 3 is 2.52 bits per heavy atom. The SMILES string of the molecule is N#CC1=C(N)Oc2cc3c(cc2[C@@H]1c1ccccc1OCc1ccc(F)cc1)OCO3. The number of ether oxygens (including phenoxy) is 4. The largest absolute Gasteiger partial charge is 0.489 e. The Kier molecular flexibility index (Phi) is 4.60. The van der Waals surface area contributed by atoms with Gasteiger partial charge in [-0.2, -0.15) is 5.26 Å². The van der Waals surface area contributed by atoms with Crippen LogP contribution in [0, 0.1) is 17.1 Å². The van der Waals surface area contributed by atoms with Crippen molar-refractivity contribution in [3.8, 4) is 29.1 Å². The summed E-state index contributed by atoms with van der Waals surface area (Å²) in [6.45, 7) is 0.365. The maximum atomic E-state index is 13.2. The van der Waals surface area contributed by atoms with Crippen molar-refractivity contribution in [2.75, 3.05) is 6.79 Å². The smallest absolute Gasteiger partial charge is 0.231 e. The molecule has 0 amide bonds. The first-order chi connectivity index (χ1) is 15.1. The van der Waals surface area contributed by atoms with Crippen LogP contribution in [-0.2, 0) is 6.61 Å². The lowest BCUT2D eigenvalue weighted by Gasteiger charge is -2.28. The maximum absolute atomic E-state index is 13.2. The van der Waals surface area contributed by atoms with Gasteiger partial charge in [0, 0.05) is 17.2 Å². The number of fused-ring (bicyclic) bond motifs is 2. The van der Waals surface area contributed by atoms with Crippen molar-refractivity contribution in [3.05, 3.63) is 94.6 Å². The number of nitrogens with two attached hydrogens (primary N) is 1. The fourth-order valence-electron chi connectivity index (χ4n) is 3.76. The topological polar surface area (TPSA) is 86.7 Å². The van der Waals surface area contributed by atoms with E-state index in [-0.39, 0.29) is 30.7 Å². The normalized spacial score (nSPS) is 16.3. The Labute approximate surface area is 177 Å². The van der Waals surface area contributed by atoms with E-state index in [2.05, 4.69) is 6.07 Å². The molecule has 2 heterocycles. The van der Waals surface area contributed by atoms with E-state index < -0.39 is 5.92 Å². The zero-order chi connectivity index (χ0) is 21.4. The zero-order valence-corrected chi connectivity index (χ0v) is 16.3. The minimum absolute atomic E-state index is 0.0344. The third-order valence-electron chi connectivity index (χ3n) is 5.25. The van der Waals surface area contributed by atoms with E-state index in [1.54, 1.807) is 18.2 Å². The number of para-hydroxylation sites is 1. The minimum Gasteiger partial charge on any atom is -0.489 e. The average Bonchev–Trinajstić information content (AvgIpc) is 3.24. The van der Waals surface area contributed by atoms with Gasteiger partial charge in [-0.25, -0.2) is 4.39 Å². The highest BCUT2D eigenvalue weighted by Crippen LogP contribution is 2.49. The van der Waals surface area contributed by atoms with E-state index in [0.29, 0.717) is 23.0 Å². The van der Waals surface area contributed by atoms with E-state index in [1.807, 2.05) is 30.3 Å². The van der Waals surface area contributed by atoms with E-state index in [0.717, 1.165) is 16.7 Å². The molecule has 2 N–H and O–H groups in total. The number of halogens is 1. The average molecular weight is 416 g/mol. The monoisotopic (exact) mass is 416 g/mol. The molecule has 0 spiro atoms. The number of hydrogen-bond acceptors (Lipinski definition) is 6. The molecular weight excluding hydrogens is 399 g/mol. The lowest BCUT2D eigenvalue weighted by atomic mass is 9.83. The summed E-state index contributed by atoms with van der Waals surface area (Å²) < 4.78 is 35.9. The predicted molar refractivity (Wildman–Crippen MR) is 109 cm³/mol. The molecule has 3 aromatic carbocycles. The number of hydrogen-bond donors (Lipinski definition) is 1. The molecule has 7 heteroatoms. The molecule has 6 nitrogen and oxygen atoms in total. The van der Waals surface area contributed by atoms with Gasteiger partial charge in [0.15, 0.2) is 11.5 Å². The van der Waals surface area contributed by atoms with Crippen LogP contribution in [0.25, 0.3) is 0 Å². The molecule has 0 bridgehead atoms. The second-order valence-corrected chi connectivity index (χ2v) is 7.12. The van der Waals surface area contributed by atoms with Gasteiger partial charge >= 0.3 is 0 Å². The highest BCUT2D eigenvalue weighted by molar-refractivity contribution is 5.63. The van der Waals surface area contributed by atoms with Crippen LogP contribution in [0.2, 0.25) is 0 Å². The van der Waals surface area contributed by atoms with Crippen LogP contribution in [0.15, 0.2) is 72.1 Å². The number of allylic oxidation sites excluding steroid dienone is 1. The van der Waals surface area contributed by atoms with Crippen molar-refractivity contribution in [1.82, 2.24) is 0 Å². The van der Waals surface area contributed by atoms with Crippen LogP contribution in [0.1, 0.15) is 22.6 Å². The standard InChI is InChI=1S/C24H17FN2O4/c25-15-7-5-14(6-8-15)12-28-19-4-2-1-3-16(19)23-17-9-21-22(30-13-29-21)10-20(17)31-24(27)18(23)11-26/h1-10,23H,12-13,27H2/t23-/m0/s1. The fraction of sp³-hybridized carbons (Fsp3) is 0.125. The highest BCUT2D eigenvalue weighted by Gasteiger charge is 2.34. The number of nitrogens with zero attached hydrogens (tertiary/aromatic N) is 1. The molecule has 0 aromatic heterocycles. The van der Waals surface area contributed by atoms with E-state index in [4.69, 9.17) is 24.7 Å².